The second kappa shape index (κ2) is 8.48. The highest BCUT2D eigenvalue weighted by molar-refractivity contribution is 6.30. The van der Waals surface area contributed by atoms with Crippen molar-refractivity contribution in [3.63, 3.8) is 0 Å². The van der Waals surface area contributed by atoms with Crippen LogP contribution in [0, 0.1) is 17.6 Å². The van der Waals surface area contributed by atoms with E-state index >= 15 is 4.39 Å². The number of carbonyl (C=O) groups is 1. The van der Waals surface area contributed by atoms with E-state index in [2.05, 4.69) is 20.3 Å². The van der Waals surface area contributed by atoms with E-state index in [0.29, 0.717) is 10.6 Å². The third-order valence-corrected chi connectivity index (χ3v) is 4.33. The van der Waals surface area contributed by atoms with Crippen LogP contribution in [0.4, 0.5) is 8.78 Å². The van der Waals surface area contributed by atoms with E-state index in [9.17, 15) is 14.0 Å². The summed E-state index contributed by atoms with van der Waals surface area (Å²) in [5, 5.41) is 2.90. The summed E-state index contributed by atoms with van der Waals surface area (Å²) >= 11 is 5.91. The number of H-pyrrole nitrogens is 1. The summed E-state index contributed by atoms with van der Waals surface area (Å²) in [5.41, 5.74) is -0.438. The van der Waals surface area contributed by atoms with Crippen molar-refractivity contribution in [2.75, 3.05) is 0 Å². The number of rotatable bonds is 5. The van der Waals surface area contributed by atoms with Gasteiger partial charge in [-0.3, -0.25) is 14.6 Å². The van der Waals surface area contributed by atoms with Crippen LogP contribution in [0.2, 0.25) is 5.02 Å². The number of hydrogen-bond acceptors (Lipinski definition) is 4. The molecule has 0 atom stereocenters. The van der Waals surface area contributed by atoms with Crippen molar-refractivity contribution in [3.8, 4) is 22.6 Å². The Balaban J connectivity index is 2.05. The van der Waals surface area contributed by atoms with Crippen molar-refractivity contribution in [2.24, 2.45) is 5.92 Å². The predicted molar refractivity (Wildman–Crippen MR) is 105 cm³/mol. The Morgan fingerprint density at radius 1 is 1.24 bits per heavy atom. The van der Waals surface area contributed by atoms with E-state index in [0.717, 1.165) is 6.07 Å². The van der Waals surface area contributed by atoms with Gasteiger partial charge in [0.15, 0.2) is 0 Å². The van der Waals surface area contributed by atoms with E-state index in [4.69, 9.17) is 11.6 Å². The number of benzene rings is 1. The van der Waals surface area contributed by atoms with Gasteiger partial charge in [-0.1, -0.05) is 31.5 Å². The molecular weight excluding hydrogens is 402 g/mol. The number of nitrogens with zero attached hydrogens (tertiary/aromatic N) is 2. The lowest BCUT2D eigenvalue weighted by Gasteiger charge is -2.12. The summed E-state index contributed by atoms with van der Waals surface area (Å²) < 4.78 is 29.5. The Kier molecular flexibility index (Phi) is 6.03. The lowest BCUT2D eigenvalue weighted by molar-refractivity contribution is -0.124. The maximum Gasteiger partial charge on any atom is 0.251 e. The number of halogens is 3. The highest BCUT2D eigenvalue weighted by Gasteiger charge is 2.19. The van der Waals surface area contributed by atoms with Crippen molar-refractivity contribution in [1.82, 2.24) is 20.3 Å². The summed E-state index contributed by atoms with van der Waals surface area (Å²) in [6.45, 7) is 3.28. The Hall–Kier alpha value is -3.13. The first-order valence-corrected chi connectivity index (χ1v) is 9.11. The Morgan fingerprint density at radius 3 is 2.69 bits per heavy atom. The van der Waals surface area contributed by atoms with Crippen LogP contribution >= 0.6 is 11.6 Å². The minimum Gasteiger partial charge on any atom is -0.352 e. The molecule has 0 aliphatic heterocycles. The van der Waals surface area contributed by atoms with Crippen LogP contribution in [-0.2, 0) is 11.3 Å². The zero-order chi connectivity index (χ0) is 21.1. The average Bonchev–Trinajstić information content (AvgIpc) is 2.66. The molecular formula is C20H17ClF2N4O2. The number of hydrogen-bond donors (Lipinski definition) is 2. The normalized spacial score (nSPS) is 11.0. The van der Waals surface area contributed by atoms with Crippen molar-refractivity contribution in [1.29, 1.82) is 0 Å². The third-order valence-electron chi connectivity index (χ3n) is 4.13. The fourth-order valence-corrected chi connectivity index (χ4v) is 2.79. The first-order valence-electron chi connectivity index (χ1n) is 8.73. The molecule has 29 heavy (non-hydrogen) atoms. The molecule has 2 aromatic heterocycles. The first-order chi connectivity index (χ1) is 13.8. The summed E-state index contributed by atoms with van der Waals surface area (Å²) in [6, 6.07) is 5.00. The minimum absolute atomic E-state index is 0.0628. The monoisotopic (exact) mass is 418 g/mol. The lowest BCUT2D eigenvalue weighted by atomic mass is 10.1. The van der Waals surface area contributed by atoms with Gasteiger partial charge < -0.3 is 10.3 Å². The maximum absolute atomic E-state index is 15.0. The number of aromatic amines is 1. The largest absolute Gasteiger partial charge is 0.352 e. The SMILES string of the molecule is CC(C)C(=O)NCc1ccc(F)c(-c2nc(-c3cncc(Cl)c3)cc(=O)[nH]2)c1F. The van der Waals surface area contributed by atoms with Gasteiger partial charge in [0, 0.05) is 42.0 Å². The van der Waals surface area contributed by atoms with E-state index in [1.54, 1.807) is 13.8 Å². The molecule has 0 spiro atoms. The molecule has 0 aliphatic carbocycles. The van der Waals surface area contributed by atoms with Crippen LogP contribution in [0.1, 0.15) is 19.4 Å². The zero-order valence-corrected chi connectivity index (χ0v) is 16.3. The minimum atomic E-state index is -0.918. The molecule has 1 amide bonds. The van der Waals surface area contributed by atoms with Crippen LogP contribution in [-0.4, -0.2) is 20.9 Å². The van der Waals surface area contributed by atoms with Gasteiger partial charge in [-0.05, 0) is 12.1 Å². The Labute approximate surface area is 170 Å². The third kappa shape index (κ3) is 4.65. The molecule has 0 saturated heterocycles. The van der Waals surface area contributed by atoms with E-state index in [1.165, 1.54) is 30.6 Å². The number of nitrogens with one attached hydrogen (secondary N) is 2. The van der Waals surface area contributed by atoms with Crippen molar-refractivity contribution in [3.05, 3.63) is 69.2 Å². The lowest BCUT2D eigenvalue weighted by Crippen LogP contribution is -2.27. The van der Waals surface area contributed by atoms with Gasteiger partial charge in [0.05, 0.1) is 16.3 Å². The first kappa shape index (κ1) is 20.6. The van der Waals surface area contributed by atoms with E-state index in [-0.39, 0.29) is 35.5 Å². The van der Waals surface area contributed by atoms with Crippen LogP contribution in [0.3, 0.4) is 0 Å². The van der Waals surface area contributed by atoms with Gasteiger partial charge in [-0.2, -0.15) is 0 Å². The van der Waals surface area contributed by atoms with Gasteiger partial charge in [0.2, 0.25) is 5.91 Å². The maximum atomic E-state index is 15.0. The van der Waals surface area contributed by atoms with Gasteiger partial charge in [-0.15, -0.1) is 0 Å². The van der Waals surface area contributed by atoms with Gasteiger partial charge in [-0.25, -0.2) is 13.8 Å². The zero-order valence-electron chi connectivity index (χ0n) is 15.6. The standard InChI is InChI=1S/C20H17ClF2N4O2/c1-10(2)20(29)25-8-11-3-4-14(22)17(18(11)23)19-26-15(6-16(28)27-19)12-5-13(21)9-24-7-12/h3-7,9-10H,8H2,1-2H3,(H,25,29)(H,26,27,28). The average molecular weight is 419 g/mol. The second-order valence-electron chi connectivity index (χ2n) is 6.64. The molecule has 2 N–H and O–H groups in total. The van der Waals surface area contributed by atoms with E-state index < -0.39 is 22.8 Å². The van der Waals surface area contributed by atoms with Crippen molar-refractivity contribution in [2.45, 2.75) is 20.4 Å². The summed E-state index contributed by atoms with van der Waals surface area (Å²) in [7, 11) is 0. The molecule has 150 valence electrons. The summed E-state index contributed by atoms with van der Waals surface area (Å²) in [4.78, 5) is 34.3. The molecule has 3 rings (SSSR count). The van der Waals surface area contributed by atoms with Crippen LogP contribution in [0.25, 0.3) is 22.6 Å². The molecule has 0 aliphatic rings. The second-order valence-corrected chi connectivity index (χ2v) is 7.08. The number of pyridine rings is 1. The molecule has 0 unspecified atom stereocenters. The quantitative estimate of drug-likeness (QED) is 0.661. The Bertz CT molecular complexity index is 1130. The molecule has 6 nitrogen and oxygen atoms in total. The fourth-order valence-electron chi connectivity index (χ4n) is 2.61. The van der Waals surface area contributed by atoms with Crippen LogP contribution in [0.5, 0.6) is 0 Å². The highest BCUT2D eigenvalue weighted by Crippen LogP contribution is 2.27. The van der Waals surface area contributed by atoms with Gasteiger partial charge in [0.1, 0.15) is 17.5 Å². The Morgan fingerprint density at radius 2 is 2.00 bits per heavy atom. The summed E-state index contributed by atoms with van der Waals surface area (Å²) in [5.74, 6) is -2.64. The number of carbonyl (C=O) groups excluding carboxylic acids is 1. The molecule has 0 saturated carbocycles. The van der Waals surface area contributed by atoms with Crippen molar-refractivity contribution < 1.29 is 13.6 Å². The van der Waals surface area contributed by atoms with Gasteiger partial charge >= 0.3 is 0 Å². The topological polar surface area (TPSA) is 87.7 Å². The molecule has 0 fully saturated rings. The van der Waals surface area contributed by atoms with E-state index in [1.807, 2.05) is 0 Å². The molecule has 0 radical (unpaired) electrons. The smallest absolute Gasteiger partial charge is 0.251 e. The predicted octanol–water partition coefficient (Wildman–Crippen LogP) is 3.70. The fraction of sp³-hybridized carbons (Fsp3) is 0.200. The van der Waals surface area contributed by atoms with Crippen molar-refractivity contribution >= 4 is 17.5 Å². The number of amides is 1. The molecule has 9 heteroatoms. The molecule has 0 bridgehead atoms. The van der Waals surface area contributed by atoms with Crippen LogP contribution in [0.15, 0.2) is 41.5 Å². The molecule has 2 heterocycles. The number of aromatic nitrogens is 3. The molecule has 3 aromatic rings. The molecule has 1 aromatic carbocycles. The summed E-state index contributed by atoms with van der Waals surface area (Å²) in [6.07, 6.45) is 2.84. The van der Waals surface area contributed by atoms with Gasteiger partial charge in [0.25, 0.3) is 5.56 Å². The highest BCUT2D eigenvalue weighted by atomic mass is 35.5. The van der Waals surface area contributed by atoms with Crippen LogP contribution < -0.4 is 10.9 Å².